The minimum Gasteiger partial charge on any atom is -0.325 e. The molecular formula is C12H14BrN3O3. The minimum absolute atomic E-state index is 0.0136. The van der Waals surface area contributed by atoms with E-state index in [9.17, 15) is 14.9 Å². The third-order valence-corrected chi connectivity index (χ3v) is 3.46. The van der Waals surface area contributed by atoms with Crippen molar-refractivity contribution in [2.45, 2.75) is 25.3 Å². The van der Waals surface area contributed by atoms with Gasteiger partial charge in [-0.05, 0) is 34.8 Å². The third-order valence-electron chi connectivity index (χ3n) is 2.80. The van der Waals surface area contributed by atoms with E-state index in [1.54, 1.807) is 0 Å². The number of nitro groups is 1. The first-order valence-corrected chi connectivity index (χ1v) is 6.83. The fourth-order valence-electron chi connectivity index (χ4n) is 1.61. The first-order chi connectivity index (χ1) is 9.06. The number of rotatable bonds is 6. The van der Waals surface area contributed by atoms with E-state index in [4.69, 9.17) is 0 Å². The lowest BCUT2D eigenvalue weighted by molar-refractivity contribution is -0.384. The number of nitro benzene ring substituents is 1. The van der Waals surface area contributed by atoms with Gasteiger partial charge in [0, 0.05) is 35.6 Å². The Morgan fingerprint density at radius 1 is 1.47 bits per heavy atom. The molecule has 102 valence electrons. The predicted molar refractivity (Wildman–Crippen MR) is 75.1 cm³/mol. The maximum absolute atomic E-state index is 11.7. The number of amides is 1. The van der Waals surface area contributed by atoms with Crippen LogP contribution < -0.4 is 10.6 Å². The molecule has 0 saturated heterocycles. The zero-order valence-corrected chi connectivity index (χ0v) is 11.8. The van der Waals surface area contributed by atoms with Gasteiger partial charge in [0.15, 0.2) is 0 Å². The van der Waals surface area contributed by atoms with Gasteiger partial charge in [0.2, 0.25) is 5.91 Å². The van der Waals surface area contributed by atoms with E-state index < -0.39 is 4.92 Å². The second kappa shape index (κ2) is 6.12. The van der Waals surface area contributed by atoms with Crippen molar-refractivity contribution in [1.29, 1.82) is 0 Å². The highest BCUT2D eigenvalue weighted by Gasteiger charge is 2.20. The number of non-ortho nitro benzene ring substituents is 1. The SMILES string of the molecule is O=C(CCNC1CC1)Nc1ccc([N+](=O)[O-])cc1Br. The fraction of sp³-hybridized carbons (Fsp3) is 0.417. The van der Waals surface area contributed by atoms with Crippen molar-refractivity contribution in [3.05, 3.63) is 32.8 Å². The van der Waals surface area contributed by atoms with Gasteiger partial charge in [0.05, 0.1) is 10.6 Å². The summed E-state index contributed by atoms with van der Waals surface area (Å²) in [5.74, 6) is -0.109. The zero-order valence-electron chi connectivity index (χ0n) is 10.2. The van der Waals surface area contributed by atoms with Gasteiger partial charge in [-0.1, -0.05) is 0 Å². The number of benzene rings is 1. The fourth-order valence-corrected chi connectivity index (χ4v) is 2.07. The van der Waals surface area contributed by atoms with Crippen molar-refractivity contribution < 1.29 is 9.72 Å². The van der Waals surface area contributed by atoms with Crippen molar-refractivity contribution >= 4 is 33.2 Å². The lowest BCUT2D eigenvalue weighted by Crippen LogP contribution is -2.23. The van der Waals surface area contributed by atoms with Crippen LogP contribution >= 0.6 is 15.9 Å². The average Bonchev–Trinajstić information content (AvgIpc) is 3.15. The molecule has 1 fully saturated rings. The van der Waals surface area contributed by atoms with Crippen LogP contribution in [0.4, 0.5) is 11.4 Å². The summed E-state index contributed by atoms with van der Waals surface area (Å²) in [4.78, 5) is 21.8. The molecule has 0 atom stereocenters. The van der Waals surface area contributed by atoms with Crippen molar-refractivity contribution in [3.63, 3.8) is 0 Å². The highest BCUT2D eigenvalue weighted by atomic mass is 79.9. The highest BCUT2D eigenvalue weighted by molar-refractivity contribution is 9.10. The Balaban J connectivity index is 1.86. The summed E-state index contributed by atoms with van der Waals surface area (Å²) < 4.78 is 0.505. The summed E-state index contributed by atoms with van der Waals surface area (Å²) in [6, 6.07) is 4.84. The van der Waals surface area contributed by atoms with Gasteiger partial charge in [-0.2, -0.15) is 0 Å². The molecule has 0 unspecified atom stereocenters. The van der Waals surface area contributed by atoms with Gasteiger partial charge < -0.3 is 10.6 Å². The van der Waals surface area contributed by atoms with E-state index in [0.717, 1.165) is 0 Å². The topological polar surface area (TPSA) is 84.3 Å². The summed E-state index contributed by atoms with van der Waals surface area (Å²) in [5, 5.41) is 16.6. The van der Waals surface area contributed by atoms with E-state index in [2.05, 4.69) is 26.6 Å². The smallest absolute Gasteiger partial charge is 0.270 e. The lowest BCUT2D eigenvalue weighted by Gasteiger charge is -2.07. The van der Waals surface area contributed by atoms with Gasteiger partial charge >= 0.3 is 0 Å². The Kier molecular flexibility index (Phi) is 4.49. The third kappa shape index (κ3) is 4.29. The average molecular weight is 328 g/mol. The highest BCUT2D eigenvalue weighted by Crippen LogP contribution is 2.27. The van der Waals surface area contributed by atoms with Crippen LogP contribution in [0.2, 0.25) is 0 Å². The Hall–Kier alpha value is -1.47. The molecule has 0 heterocycles. The Bertz CT molecular complexity index is 503. The molecule has 1 aliphatic rings. The van der Waals surface area contributed by atoms with Crippen molar-refractivity contribution in [3.8, 4) is 0 Å². The molecule has 1 aromatic rings. The molecule has 1 aliphatic carbocycles. The molecule has 6 nitrogen and oxygen atoms in total. The number of hydrogen-bond donors (Lipinski definition) is 2. The van der Waals surface area contributed by atoms with Gasteiger partial charge in [-0.15, -0.1) is 0 Å². The van der Waals surface area contributed by atoms with Crippen LogP contribution in [0.5, 0.6) is 0 Å². The Morgan fingerprint density at radius 3 is 2.79 bits per heavy atom. The largest absolute Gasteiger partial charge is 0.325 e. The standard InChI is InChI=1S/C12H14BrN3O3/c13-10-7-9(16(18)19)3-4-11(10)15-12(17)5-6-14-8-1-2-8/h3-4,7-8,14H,1-2,5-6H2,(H,15,17). The summed E-state index contributed by atoms with van der Waals surface area (Å²) >= 11 is 3.21. The van der Waals surface area contributed by atoms with Crippen LogP contribution in [0.15, 0.2) is 22.7 Å². The minimum atomic E-state index is -0.476. The first kappa shape index (κ1) is 14.0. The van der Waals surface area contributed by atoms with Crippen LogP contribution in [-0.4, -0.2) is 23.4 Å². The van der Waals surface area contributed by atoms with Crippen LogP contribution in [0.25, 0.3) is 0 Å². The summed E-state index contributed by atoms with van der Waals surface area (Å²) in [5.41, 5.74) is 0.530. The molecule has 0 bridgehead atoms. The molecule has 19 heavy (non-hydrogen) atoms. The number of hydrogen-bond acceptors (Lipinski definition) is 4. The molecule has 1 amide bonds. The number of carbonyl (C=O) groups excluding carboxylic acids is 1. The van der Waals surface area contributed by atoms with E-state index >= 15 is 0 Å². The molecular weight excluding hydrogens is 314 g/mol. The van der Waals surface area contributed by atoms with E-state index in [0.29, 0.717) is 29.2 Å². The zero-order chi connectivity index (χ0) is 13.8. The molecule has 7 heteroatoms. The first-order valence-electron chi connectivity index (χ1n) is 6.03. The van der Waals surface area contributed by atoms with Crippen molar-refractivity contribution in [2.75, 3.05) is 11.9 Å². The molecule has 2 rings (SSSR count). The van der Waals surface area contributed by atoms with Crippen molar-refractivity contribution in [2.24, 2.45) is 0 Å². The summed E-state index contributed by atoms with van der Waals surface area (Å²) in [6.45, 7) is 0.654. The Morgan fingerprint density at radius 2 is 2.21 bits per heavy atom. The molecule has 2 N–H and O–H groups in total. The van der Waals surface area contributed by atoms with Gasteiger partial charge in [0.25, 0.3) is 5.69 Å². The molecule has 1 aromatic carbocycles. The van der Waals surface area contributed by atoms with E-state index in [-0.39, 0.29) is 11.6 Å². The molecule has 0 spiro atoms. The molecule has 0 aromatic heterocycles. The molecule has 0 radical (unpaired) electrons. The number of anilines is 1. The number of halogens is 1. The predicted octanol–water partition coefficient (Wildman–Crippen LogP) is 2.44. The second-order valence-corrected chi connectivity index (χ2v) is 5.30. The van der Waals surface area contributed by atoms with Crippen molar-refractivity contribution in [1.82, 2.24) is 5.32 Å². The maximum Gasteiger partial charge on any atom is 0.270 e. The van der Waals surface area contributed by atoms with E-state index in [1.165, 1.54) is 31.0 Å². The van der Waals surface area contributed by atoms with Gasteiger partial charge in [0.1, 0.15) is 0 Å². The maximum atomic E-state index is 11.7. The van der Waals surface area contributed by atoms with Crippen LogP contribution in [0, 0.1) is 10.1 Å². The summed E-state index contributed by atoms with van der Waals surface area (Å²) in [7, 11) is 0. The Labute approximate surface area is 118 Å². The summed E-state index contributed by atoms with van der Waals surface area (Å²) in [6.07, 6.45) is 2.77. The van der Waals surface area contributed by atoms with Crippen LogP contribution in [-0.2, 0) is 4.79 Å². The van der Waals surface area contributed by atoms with Gasteiger partial charge in [-0.3, -0.25) is 14.9 Å². The normalized spacial score (nSPS) is 14.2. The lowest BCUT2D eigenvalue weighted by atomic mass is 10.2. The number of nitrogens with zero attached hydrogens (tertiary/aromatic N) is 1. The van der Waals surface area contributed by atoms with Gasteiger partial charge in [-0.25, -0.2) is 0 Å². The monoisotopic (exact) mass is 327 g/mol. The second-order valence-electron chi connectivity index (χ2n) is 4.45. The van der Waals surface area contributed by atoms with E-state index in [1.807, 2.05) is 0 Å². The van der Waals surface area contributed by atoms with Crippen LogP contribution in [0.3, 0.4) is 0 Å². The van der Waals surface area contributed by atoms with Crippen LogP contribution in [0.1, 0.15) is 19.3 Å². The quantitative estimate of drug-likeness (QED) is 0.620. The molecule has 1 saturated carbocycles. The number of carbonyl (C=O) groups is 1. The molecule has 0 aliphatic heterocycles. The number of nitrogens with one attached hydrogen (secondary N) is 2.